The van der Waals surface area contributed by atoms with Gasteiger partial charge >= 0.3 is 0 Å². The smallest absolute Gasteiger partial charge is 0.160 e. The number of benzene rings is 2. The lowest BCUT2D eigenvalue weighted by Crippen LogP contribution is -2.19. The fourth-order valence-electron chi connectivity index (χ4n) is 3.01. The number of hydrogen-bond acceptors (Lipinski definition) is 6. The minimum Gasteiger partial charge on any atom is -0.508 e. The highest BCUT2D eigenvalue weighted by Crippen LogP contribution is 2.27. The van der Waals surface area contributed by atoms with Gasteiger partial charge in [-0.05, 0) is 67.5 Å². The monoisotopic (exact) mass is 376 g/mol. The normalized spacial score (nSPS) is 13.3. The summed E-state index contributed by atoms with van der Waals surface area (Å²) in [6, 6.07) is 10.1. The summed E-state index contributed by atoms with van der Waals surface area (Å²) >= 11 is 0. The van der Waals surface area contributed by atoms with Crippen molar-refractivity contribution < 1.29 is 30.3 Å². The van der Waals surface area contributed by atoms with E-state index in [-0.39, 0.29) is 24.5 Å². The van der Waals surface area contributed by atoms with Crippen molar-refractivity contribution in [3.63, 3.8) is 0 Å². The zero-order chi connectivity index (χ0) is 19.8. The van der Waals surface area contributed by atoms with Crippen LogP contribution < -0.4 is 4.74 Å². The van der Waals surface area contributed by atoms with E-state index in [4.69, 9.17) is 4.74 Å². The molecule has 6 heteroatoms. The third-order valence-corrected chi connectivity index (χ3v) is 4.64. The highest BCUT2D eigenvalue weighted by atomic mass is 16.5. The van der Waals surface area contributed by atoms with Crippen LogP contribution in [0.3, 0.4) is 0 Å². The van der Waals surface area contributed by atoms with Gasteiger partial charge in [-0.1, -0.05) is 12.1 Å². The molecule has 0 fully saturated rings. The average molecular weight is 376 g/mol. The van der Waals surface area contributed by atoms with Gasteiger partial charge in [0.15, 0.2) is 11.5 Å². The third-order valence-electron chi connectivity index (χ3n) is 4.64. The molecule has 148 valence electrons. The first kappa shape index (κ1) is 21.0. The van der Waals surface area contributed by atoms with Crippen molar-refractivity contribution in [3.8, 4) is 17.2 Å². The quantitative estimate of drug-likeness (QED) is 0.435. The molecule has 2 rings (SSSR count). The molecule has 5 N–H and O–H groups in total. The van der Waals surface area contributed by atoms with Crippen molar-refractivity contribution >= 4 is 0 Å². The Bertz CT molecular complexity index is 669. The summed E-state index contributed by atoms with van der Waals surface area (Å²) in [5.74, 6) is 0.539. The Morgan fingerprint density at radius 1 is 0.852 bits per heavy atom. The van der Waals surface area contributed by atoms with Crippen molar-refractivity contribution in [2.45, 2.75) is 50.9 Å². The summed E-state index contributed by atoms with van der Waals surface area (Å²) < 4.78 is 5.07. The van der Waals surface area contributed by atoms with Crippen molar-refractivity contribution in [1.29, 1.82) is 0 Å². The van der Waals surface area contributed by atoms with Crippen LogP contribution in [0.15, 0.2) is 36.4 Å². The van der Waals surface area contributed by atoms with Crippen molar-refractivity contribution in [1.82, 2.24) is 0 Å². The number of aryl methyl sites for hydroxylation is 2. The molecule has 0 spiro atoms. The zero-order valence-electron chi connectivity index (χ0n) is 15.5. The number of methoxy groups -OCH3 is 1. The molecule has 0 aliphatic rings. The van der Waals surface area contributed by atoms with Gasteiger partial charge in [-0.15, -0.1) is 0 Å². The summed E-state index contributed by atoms with van der Waals surface area (Å²) in [7, 11) is 1.49. The number of aliphatic hydroxyl groups excluding tert-OH is 3. The first-order chi connectivity index (χ1) is 12.9. The van der Waals surface area contributed by atoms with Crippen LogP contribution >= 0.6 is 0 Å². The van der Waals surface area contributed by atoms with Crippen LogP contribution in [0.5, 0.6) is 17.2 Å². The lowest BCUT2D eigenvalue weighted by atomic mass is 9.98. The fourth-order valence-corrected chi connectivity index (χ4v) is 3.01. The van der Waals surface area contributed by atoms with Crippen molar-refractivity contribution in [2.75, 3.05) is 7.11 Å². The van der Waals surface area contributed by atoms with Crippen LogP contribution in [-0.2, 0) is 19.4 Å². The van der Waals surface area contributed by atoms with Crippen LogP contribution in [0, 0.1) is 0 Å². The molecule has 0 aromatic heterocycles. The maximum absolute atomic E-state index is 10.2. The highest BCUT2D eigenvalue weighted by Gasteiger charge is 2.13. The molecule has 0 aliphatic heterocycles. The predicted molar refractivity (Wildman–Crippen MR) is 102 cm³/mol. The van der Waals surface area contributed by atoms with Crippen LogP contribution in [0.4, 0.5) is 0 Å². The first-order valence-corrected chi connectivity index (χ1v) is 9.06. The molecular formula is C21H28O6. The number of hydrogen-bond donors (Lipinski definition) is 5. The Labute approximate surface area is 159 Å². The van der Waals surface area contributed by atoms with Crippen molar-refractivity contribution in [2.24, 2.45) is 0 Å². The topological polar surface area (TPSA) is 110 Å². The van der Waals surface area contributed by atoms with E-state index < -0.39 is 12.2 Å². The molecule has 0 saturated heterocycles. The number of phenols is 2. The van der Waals surface area contributed by atoms with Crippen molar-refractivity contribution in [3.05, 3.63) is 53.1 Å². The Morgan fingerprint density at radius 2 is 1.41 bits per heavy atom. The molecule has 0 heterocycles. The highest BCUT2D eigenvalue weighted by molar-refractivity contribution is 5.41. The fraction of sp³-hybridized carbons (Fsp3) is 0.429. The lowest BCUT2D eigenvalue weighted by Gasteiger charge is -2.16. The number of aliphatic hydroxyl groups is 3. The van der Waals surface area contributed by atoms with Crippen LogP contribution in [0.1, 0.15) is 36.0 Å². The standard InChI is InChI=1S/C21H28O6/c1-27-21-11-15(5-9-20(21)26)3-7-18(24)12-17(23)6-2-14-4-8-19(25)16(10-14)13-22/h4-5,8-11,17-18,22-26H,2-3,6-7,12-13H2,1H3. The SMILES string of the molecule is COc1cc(CCC(O)CC(O)CCc2ccc(O)c(CO)c2)ccc1O. The van der Waals surface area contributed by atoms with Crippen LogP contribution in [0.2, 0.25) is 0 Å². The summed E-state index contributed by atoms with van der Waals surface area (Å²) in [5, 5.41) is 48.7. The molecule has 2 unspecified atom stereocenters. The summed E-state index contributed by atoms with van der Waals surface area (Å²) in [5.41, 5.74) is 2.33. The summed E-state index contributed by atoms with van der Waals surface area (Å²) in [6.45, 7) is -0.233. The molecule has 2 aromatic carbocycles. The molecule has 2 atom stereocenters. The average Bonchev–Trinajstić information content (AvgIpc) is 2.66. The minimum atomic E-state index is -0.638. The predicted octanol–water partition coefficient (Wildman–Crippen LogP) is 2.28. The second-order valence-corrected chi connectivity index (χ2v) is 6.75. The van der Waals surface area contributed by atoms with Crippen LogP contribution in [-0.4, -0.2) is 44.9 Å². The number of ether oxygens (including phenoxy) is 1. The van der Waals surface area contributed by atoms with Gasteiger partial charge in [-0.25, -0.2) is 0 Å². The molecule has 6 nitrogen and oxygen atoms in total. The molecule has 0 saturated carbocycles. The summed E-state index contributed by atoms with van der Waals surface area (Å²) in [4.78, 5) is 0. The zero-order valence-corrected chi connectivity index (χ0v) is 15.5. The van der Waals surface area contributed by atoms with E-state index in [0.29, 0.717) is 37.0 Å². The van der Waals surface area contributed by atoms with Gasteiger partial charge in [0.05, 0.1) is 25.9 Å². The molecular weight excluding hydrogens is 348 g/mol. The van der Waals surface area contributed by atoms with E-state index >= 15 is 0 Å². The van der Waals surface area contributed by atoms with E-state index in [2.05, 4.69) is 0 Å². The minimum absolute atomic E-state index is 0.0584. The molecule has 0 amide bonds. The third kappa shape index (κ3) is 6.43. The second kappa shape index (κ2) is 10.2. The summed E-state index contributed by atoms with van der Waals surface area (Å²) in [6.07, 6.45) is 1.20. The second-order valence-electron chi connectivity index (χ2n) is 6.75. The maximum Gasteiger partial charge on any atom is 0.160 e. The lowest BCUT2D eigenvalue weighted by molar-refractivity contribution is 0.0714. The van der Waals surface area contributed by atoms with Crippen LogP contribution in [0.25, 0.3) is 0 Å². The van der Waals surface area contributed by atoms with Gasteiger partial charge in [0.1, 0.15) is 5.75 Å². The Hall–Kier alpha value is -2.28. The molecule has 0 bridgehead atoms. The maximum atomic E-state index is 10.2. The Morgan fingerprint density at radius 3 is 1.96 bits per heavy atom. The van der Waals surface area contributed by atoms with E-state index in [0.717, 1.165) is 11.1 Å². The van der Waals surface area contributed by atoms with Gasteiger partial charge in [-0.3, -0.25) is 0 Å². The van der Waals surface area contributed by atoms with E-state index in [1.54, 1.807) is 30.3 Å². The largest absolute Gasteiger partial charge is 0.508 e. The van der Waals surface area contributed by atoms with Gasteiger partial charge < -0.3 is 30.3 Å². The van der Waals surface area contributed by atoms with E-state index in [9.17, 15) is 25.5 Å². The molecule has 2 aromatic rings. The van der Waals surface area contributed by atoms with Gasteiger partial charge in [0, 0.05) is 5.56 Å². The number of aromatic hydroxyl groups is 2. The number of phenolic OH excluding ortho intramolecular Hbond substituents is 1. The number of rotatable bonds is 10. The molecule has 0 radical (unpaired) electrons. The molecule has 0 aliphatic carbocycles. The van der Waals surface area contributed by atoms with E-state index in [1.165, 1.54) is 13.2 Å². The van der Waals surface area contributed by atoms with Gasteiger partial charge in [-0.2, -0.15) is 0 Å². The Kier molecular flexibility index (Phi) is 7.91. The van der Waals surface area contributed by atoms with E-state index in [1.807, 2.05) is 0 Å². The first-order valence-electron chi connectivity index (χ1n) is 9.06. The van der Waals surface area contributed by atoms with Gasteiger partial charge in [0.2, 0.25) is 0 Å². The molecule has 27 heavy (non-hydrogen) atoms. The Balaban J connectivity index is 1.77. The van der Waals surface area contributed by atoms with Gasteiger partial charge in [0.25, 0.3) is 0 Å².